The predicted octanol–water partition coefficient (Wildman–Crippen LogP) is 4.83. The molecule has 0 radical (unpaired) electrons. The van der Waals surface area contributed by atoms with Crippen molar-refractivity contribution in [3.05, 3.63) is 71.0 Å². The minimum absolute atomic E-state index is 0.251. The smallest absolute Gasteiger partial charge is 0.274 e. The molecule has 1 heterocycles. The van der Waals surface area contributed by atoms with E-state index in [1.165, 1.54) is 6.20 Å². The molecular formula is C20H19ClN4O2. The maximum absolute atomic E-state index is 12.5. The summed E-state index contributed by atoms with van der Waals surface area (Å²) in [5.74, 6) is 0.744. The first-order valence-corrected chi connectivity index (χ1v) is 8.84. The molecule has 0 fully saturated rings. The number of nitrogens with one attached hydrogen (secondary N) is 2. The Morgan fingerprint density at radius 3 is 2.67 bits per heavy atom. The van der Waals surface area contributed by atoms with Crippen molar-refractivity contribution in [3.63, 3.8) is 0 Å². The standard InChI is InChI=1S/C20H19ClN4O2/c1-3-27-15-9-7-14(8-10-15)23-19(26)18-11-12-22-20(25-18)24-17-6-4-5-16(21)13(17)2/h4-12H,3H2,1-2H3,(H,23,26)(H,22,24,25). The molecule has 0 atom stereocenters. The molecule has 0 aliphatic rings. The van der Waals surface area contributed by atoms with Crippen LogP contribution in [0.2, 0.25) is 5.02 Å². The zero-order valence-corrected chi connectivity index (χ0v) is 15.7. The van der Waals surface area contributed by atoms with Gasteiger partial charge in [-0.1, -0.05) is 17.7 Å². The fourth-order valence-corrected chi connectivity index (χ4v) is 2.58. The van der Waals surface area contributed by atoms with E-state index in [9.17, 15) is 4.79 Å². The van der Waals surface area contributed by atoms with Crippen LogP contribution in [0.25, 0.3) is 0 Å². The number of aromatic nitrogens is 2. The van der Waals surface area contributed by atoms with Crippen molar-refractivity contribution in [2.24, 2.45) is 0 Å². The third-order valence-electron chi connectivity index (χ3n) is 3.83. The van der Waals surface area contributed by atoms with E-state index in [0.717, 1.165) is 17.0 Å². The summed E-state index contributed by atoms with van der Waals surface area (Å²) in [7, 11) is 0. The summed E-state index contributed by atoms with van der Waals surface area (Å²) < 4.78 is 5.39. The van der Waals surface area contributed by atoms with Crippen LogP contribution in [0.3, 0.4) is 0 Å². The average Bonchev–Trinajstić information content (AvgIpc) is 2.67. The Labute approximate surface area is 162 Å². The fourth-order valence-electron chi connectivity index (χ4n) is 2.41. The topological polar surface area (TPSA) is 76.1 Å². The van der Waals surface area contributed by atoms with E-state index in [1.54, 1.807) is 30.3 Å². The third-order valence-corrected chi connectivity index (χ3v) is 4.24. The Morgan fingerprint density at radius 2 is 1.93 bits per heavy atom. The number of carbonyl (C=O) groups excluding carboxylic acids is 1. The first-order chi connectivity index (χ1) is 13.1. The van der Waals surface area contributed by atoms with Gasteiger partial charge in [-0.15, -0.1) is 0 Å². The molecule has 2 N–H and O–H groups in total. The predicted molar refractivity (Wildman–Crippen MR) is 107 cm³/mol. The van der Waals surface area contributed by atoms with Crippen molar-refractivity contribution < 1.29 is 9.53 Å². The summed E-state index contributed by atoms with van der Waals surface area (Å²) in [6.45, 7) is 4.41. The number of ether oxygens (including phenoxy) is 1. The molecule has 0 aliphatic heterocycles. The summed E-state index contributed by atoms with van der Waals surface area (Å²) in [5, 5.41) is 6.54. The maximum atomic E-state index is 12.5. The van der Waals surface area contributed by atoms with Gasteiger partial charge >= 0.3 is 0 Å². The number of benzene rings is 2. The summed E-state index contributed by atoms with van der Waals surface area (Å²) >= 11 is 6.13. The highest BCUT2D eigenvalue weighted by molar-refractivity contribution is 6.31. The maximum Gasteiger partial charge on any atom is 0.274 e. The monoisotopic (exact) mass is 382 g/mol. The summed E-state index contributed by atoms with van der Waals surface area (Å²) in [4.78, 5) is 20.9. The minimum Gasteiger partial charge on any atom is -0.494 e. The number of halogens is 1. The molecule has 6 nitrogen and oxygen atoms in total. The van der Waals surface area contributed by atoms with Gasteiger partial charge in [0.15, 0.2) is 0 Å². The van der Waals surface area contributed by atoms with Crippen molar-refractivity contribution in [3.8, 4) is 5.75 Å². The normalized spacial score (nSPS) is 10.3. The summed E-state index contributed by atoms with van der Waals surface area (Å²) in [5.41, 5.74) is 2.57. The van der Waals surface area contributed by atoms with Crippen molar-refractivity contribution in [2.45, 2.75) is 13.8 Å². The third kappa shape index (κ3) is 4.74. The molecule has 138 valence electrons. The van der Waals surface area contributed by atoms with Gasteiger partial charge in [0.1, 0.15) is 11.4 Å². The Kier molecular flexibility index (Phi) is 5.88. The van der Waals surface area contributed by atoms with Gasteiger partial charge in [-0.3, -0.25) is 4.79 Å². The van der Waals surface area contributed by atoms with E-state index >= 15 is 0 Å². The SMILES string of the molecule is CCOc1ccc(NC(=O)c2ccnc(Nc3cccc(Cl)c3C)n2)cc1. The molecule has 0 bridgehead atoms. The Hall–Kier alpha value is -3.12. The molecule has 7 heteroatoms. The number of hydrogen-bond donors (Lipinski definition) is 2. The lowest BCUT2D eigenvalue weighted by atomic mass is 10.2. The molecule has 3 rings (SSSR count). The molecule has 0 saturated heterocycles. The van der Waals surface area contributed by atoms with Gasteiger partial charge in [0, 0.05) is 22.6 Å². The quantitative estimate of drug-likeness (QED) is 0.638. The van der Waals surface area contributed by atoms with Crippen molar-refractivity contribution >= 4 is 34.8 Å². The van der Waals surface area contributed by atoms with Gasteiger partial charge in [0.25, 0.3) is 5.91 Å². The molecule has 27 heavy (non-hydrogen) atoms. The number of nitrogens with zero attached hydrogens (tertiary/aromatic N) is 2. The second-order valence-corrected chi connectivity index (χ2v) is 6.12. The van der Waals surface area contributed by atoms with Crippen LogP contribution in [0.1, 0.15) is 23.0 Å². The second kappa shape index (κ2) is 8.51. The van der Waals surface area contributed by atoms with Crippen LogP contribution in [0.5, 0.6) is 5.75 Å². The first kappa shape index (κ1) is 18.7. The number of rotatable bonds is 6. The average molecular weight is 383 g/mol. The molecule has 1 amide bonds. The number of amides is 1. The lowest BCUT2D eigenvalue weighted by molar-refractivity contribution is 0.102. The largest absolute Gasteiger partial charge is 0.494 e. The molecule has 0 unspecified atom stereocenters. The van der Waals surface area contributed by atoms with E-state index < -0.39 is 0 Å². The van der Waals surface area contributed by atoms with E-state index in [4.69, 9.17) is 16.3 Å². The van der Waals surface area contributed by atoms with Gasteiger partial charge in [0.2, 0.25) is 5.95 Å². The lowest BCUT2D eigenvalue weighted by Gasteiger charge is -2.10. The Morgan fingerprint density at radius 1 is 1.15 bits per heavy atom. The van der Waals surface area contributed by atoms with E-state index in [1.807, 2.05) is 32.0 Å². The highest BCUT2D eigenvalue weighted by Crippen LogP contribution is 2.25. The molecule has 3 aromatic rings. The van der Waals surface area contributed by atoms with Crippen LogP contribution in [0.15, 0.2) is 54.7 Å². The summed E-state index contributed by atoms with van der Waals surface area (Å²) in [6, 6.07) is 14.2. The minimum atomic E-state index is -0.326. The van der Waals surface area contributed by atoms with Gasteiger partial charge in [0.05, 0.1) is 6.61 Å². The van der Waals surface area contributed by atoms with Crippen LogP contribution in [0, 0.1) is 6.92 Å². The number of anilines is 3. The molecule has 2 aromatic carbocycles. The lowest BCUT2D eigenvalue weighted by Crippen LogP contribution is -2.14. The van der Waals surface area contributed by atoms with Gasteiger partial charge in [-0.2, -0.15) is 0 Å². The van der Waals surface area contributed by atoms with Crippen molar-refractivity contribution in [1.82, 2.24) is 9.97 Å². The Balaban J connectivity index is 1.72. The van der Waals surface area contributed by atoms with E-state index in [0.29, 0.717) is 23.3 Å². The highest BCUT2D eigenvalue weighted by atomic mass is 35.5. The molecule has 0 spiro atoms. The van der Waals surface area contributed by atoms with Crippen molar-refractivity contribution in [2.75, 3.05) is 17.2 Å². The van der Waals surface area contributed by atoms with Gasteiger partial charge in [-0.25, -0.2) is 9.97 Å². The van der Waals surface area contributed by atoms with E-state index in [-0.39, 0.29) is 11.6 Å². The van der Waals surface area contributed by atoms with Crippen LogP contribution < -0.4 is 15.4 Å². The molecule has 0 aliphatic carbocycles. The van der Waals surface area contributed by atoms with Crippen molar-refractivity contribution in [1.29, 1.82) is 0 Å². The molecular weight excluding hydrogens is 364 g/mol. The van der Waals surface area contributed by atoms with Crippen LogP contribution >= 0.6 is 11.6 Å². The summed E-state index contributed by atoms with van der Waals surface area (Å²) in [6.07, 6.45) is 1.53. The van der Waals surface area contributed by atoms with Gasteiger partial charge < -0.3 is 15.4 Å². The number of carbonyl (C=O) groups is 1. The number of hydrogen-bond acceptors (Lipinski definition) is 5. The zero-order valence-electron chi connectivity index (χ0n) is 15.0. The zero-order chi connectivity index (χ0) is 19.2. The highest BCUT2D eigenvalue weighted by Gasteiger charge is 2.11. The second-order valence-electron chi connectivity index (χ2n) is 5.71. The van der Waals surface area contributed by atoms with E-state index in [2.05, 4.69) is 20.6 Å². The fraction of sp³-hybridized carbons (Fsp3) is 0.150. The van der Waals surface area contributed by atoms with Crippen LogP contribution in [0.4, 0.5) is 17.3 Å². The first-order valence-electron chi connectivity index (χ1n) is 8.46. The van der Waals surface area contributed by atoms with Crippen LogP contribution in [-0.2, 0) is 0 Å². The van der Waals surface area contributed by atoms with Gasteiger partial charge in [-0.05, 0) is 61.9 Å². The molecule has 1 aromatic heterocycles. The molecule has 0 saturated carbocycles. The van der Waals surface area contributed by atoms with Crippen LogP contribution in [-0.4, -0.2) is 22.5 Å². The Bertz CT molecular complexity index is 945.